The summed E-state index contributed by atoms with van der Waals surface area (Å²) < 4.78 is 5.12. The van der Waals surface area contributed by atoms with Gasteiger partial charge in [-0.25, -0.2) is 4.98 Å². The number of aromatic nitrogens is 1. The summed E-state index contributed by atoms with van der Waals surface area (Å²) in [5.41, 5.74) is 7.66. The van der Waals surface area contributed by atoms with E-state index in [4.69, 9.17) is 10.5 Å². The first-order valence-corrected chi connectivity index (χ1v) is 6.96. The Balaban J connectivity index is 2.30. The van der Waals surface area contributed by atoms with Gasteiger partial charge in [0.25, 0.3) is 0 Å². The molecule has 2 rings (SSSR count). The molecule has 0 saturated carbocycles. The van der Waals surface area contributed by atoms with E-state index in [9.17, 15) is 0 Å². The zero-order valence-electron chi connectivity index (χ0n) is 12.4. The average molecular weight is 263 g/mol. The molecule has 1 aromatic rings. The lowest BCUT2D eigenvalue weighted by Gasteiger charge is -2.47. The van der Waals surface area contributed by atoms with E-state index in [0.29, 0.717) is 5.88 Å². The number of nitrogens with zero attached hydrogens (tertiary/aromatic N) is 2. The number of pyridine rings is 1. The lowest BCUT2D eigenvalue weighted by Crippen LogP contribution is -2.53. The van der Waals surface area contributed by atoms with Crippen LogP contribution in [0.15, 0.2) is 18.3 Å². The fourth-order valence-electron chi connectivity index (χ4n) is 2.89. The Morgan fingerprint density at radius 2 is 2.11 bits per heavy atom. The molecule has 0 amide bonds. The Morgan fingerprint density at radius 1 is 1.37 bits per heavy atom. The Hall–Kier alpha value is -1.13. The number of ether oxygens (including phenoxy) is 1. The maximum Gasteiger partial charge on any atom is 0.212 e. The quantitative estimate of drug-likeness (QED) is 0.890. The van der Waals surface area contributed by atoms with Crippen LogP contribution in [0.2, 0.25) is 0 Å². The van der Waals surface area contributed by atoms with Gasteiger partial charge in [-0.3, -0.25) is 4.90 Å². The van der Waals surface area contributed by atoms with Crippen LogP contribution in [0.4, 0.5) is 0 Å². The maximum atomic E-state index is 6.37. The Labute approximate surface area is 116 Å². The second-order valence-corrected chi connectivity index (χ2v) is 6.25. The lowest BCUT2D eigenvalue weighted by atomic mass is 9.87. The van der Waals surface area contributed by atoms with Gasteiger partial charge in [0.2, 0.25) is 5.88 Å². The van der Waals surface area contributed by atoms with E-state index in [0.717, 1.165) is 13.0 Å². The van der Waals surface area contributed by atoms with Gasteiger partial charge in [-0.2, -0.15) is 0 Å². The molecule has 19 heavy (non-hydrogen) atoms. The van der Waals surface area contributed by atoms with Gasteiger partial charge >= 0.3 is 0 Å². The predicted molar refractivity (Wildman–Crippen MR) is 77.2 cm³/mol. The summed E-state index contributed by atoms with van der Waals surface area (Å²) in [6.45, 7) is 7.83. The Kier molecular flexibility index (Phi) is 4.11. The molecule has 0 aromatic carbocycles. The molecule has 0 spiro atoms. The molecule has 1 aliphatic rings. The highest BCUT2D eigenvalue weighted by molar-refractivity contribution is 5.23. The lowest BCUT2D eigenvalue weighted by molar-refractivity contribution is 0.0382. The minimum atomic E-state index is 0.114. The van der Waals surface area contributed by atoms with E-state index in [1.54, 1.807) is 7.11 Å². The van der Waals surface area contributed by atoms with Crippen molar-refractivity contribution in [3.63, 3.8) is 0 Å². The number of nitrogens with two attached hydrogens (primary N) is 1. The standard InChI is InChI=1S/C15H25N3O/c1-15(2,3)18-9-5-6-12(16)14(18)11-7-8-13(19-4)17-10-11/h7-8,10,12,14H,5-6,9,16H2,1-4H3. The van der Waals surface area contributed by atoms with Gasteiger partial charge in [-0.1, -0.05) is 6.07 Å². The first-order chi connectivity index (χ1) is 8.93. The van der Waals surface area contributed by atoms with Gasteiger partial charge in [-0.15, -0.1) is 0 Å². The number of methoxy groups -OCH3 is 1. The molecule has 2 atom stereocenters. The molecule has 2 heterocycles. The van der Waals surface area contributed by atoms with Crippen molar-refractivity contribution < 1.29 is 4.74 Å². The Bertz CT molecular complexity index is 410. The van der Waals surface area contributed by atoms with Crippen LogP contribution in [0.3, 0.4) is 0 Å². The molecular formula is C15H25N3O. The second kappa shape index (κ2) is 5.47. The van der Waals surface area contributed by atoms with Crippen molar-refractivity contribution in [1.82, 2.24) is 9.88 Å². The molecule has 4 nitrogen and oxygen atoms in total. The summed E-state index contributed by atoms with van der Waals surface area (Å²) in [7, 11) is 1.63. The molecule has 1 aliphatic heterocycles. The Morgan fingerprint density at radius 3 is 2.63 bits per heavy atom. The molecule has 1 aromatic heterocycles. The number of hydrogen-bond donors (Lipinski definition) is 1. The highest BCUT2D eigenvalue weighted by Crippen LogP contribution is 2.35. The van der Waals surface area contributed by atoms with Crippen molar-refractivity contribution in [1.29, 1.82) is 0 Å². The summed E-state index contributed by atoms with van der Waals surface area (Å²) in [5.74, 6) is 0.649. The number of piperidine rings is 1. The van der Waals surface area contributed by atoms with Crippen molar-refractivity contribution in [2.75, 3.05) is 13.7 Å². The van der Waals surface area contributed by atoms with E-state index in [1.807, 2.05) is 12.3 Å². The minimum Gasteiger partial charge on any atom is -0.481 e. The normalized spacial score (nSPS) is 25.3. The molecule has 0 aliphatic carbocycles. The fourth-order valence-corrected chi connectivity index (χ4v) is 2.89. The molecule has 4 heteroatoms. The van der Waals surface area contributed by atoms with Crippen LogP contribution < -0.4 is 10.5 Å². The number of hydrogen-bond acceptors (Lipinski definition) is 4. The summed E-state index contributed by atoms with van der Waals surface area (Å²) in [4.78, 5) is 6.81. The van der Waals surface area contributed by atoms with Crippen molar-refractivity contribution in [3.05, 3.63) is 23.9 Å². The zero-order chi connectivity index (χ0) is 14.0. The van der Waals surface area contributed by atoms with Crippen LogP contribution in [0.25, 0.3) is 0 Å². The van der Waals surface area contributed by atoms with Crippen LogP contribution in [0, 0.1) is 0 Å². The van der Waals surface area contributed by atoms with Crippen LogP contribution in [-0.2, 0) is 0 Å². The van der Waals surface area contributed by atoms with E-state index in [1.165, 1.54) is 12.0 Å². The molecule has 1 fully saturated rings. The molecule has 0 bridgehead atoms. The van der Waals surface area contributed by atoms with Gasteiger partial charge < -0.3 is 10.5 Å². The third-order valence-corrected chi connectivity index (χ3v) is 3.85. The van der Waals surface area contributed by atoms with Gasteiger partial charge in [0.05, 0.1) is 13.2 Å². The van der Waals surface area contributed by atoms with Crippen molar-refractivity contribution in [2.24, 2.45) is 5.73 Å². The van der Waals surface area contributed by atoms with Gasteiger partial charge in [-0.05, 0) is 45.7 Å². The maximum absolute atomic E-state index is 6.37. The summed E-state index contributed by atoms with van der Waals surface area (Å²) >= 11 is 0. The van der Waals surface area contributed by atoms with Crippen molar-refractivity contribution >= 4 is 0 Å². The largest absolute Gasteiger partial charge is 0.481 e. The molecule has 2 N–H and O–H groups in total. The zero-order valence-corrected chi connectivity index (χ0v) is 12.4. The molecule has 1 saturated heterocycles. The minimum absolute atomic E-state index is 0.114. The highest BCUT2D eigenvalue weighted by Gasteiger charge is 2.36. The van der Waals surface area contributed by atoms with Crippen LogP contribution in [0.1, 0.15) is 45.2 Å². The molecule has 0 radical (unpaired) electrons. The van der Waals surface area contributed by atoms with Crippen molar-refractivity contribution in [2.45, 2.75) is 51.2 Å². The van der Waals surface area contributed by atoms with Gasteiger partial charge in [0.1, 0.15) is 0 Å². The topological polar surface area (TPSA) is 51.4 Å². The number of rotatable bonds is 2. The molecular weight excluding hydrogens is 238 g/mol. The molecule has 2 unspecified atom stereocenters. The van der Waals surface area contributed by atoms with Crippen molar-refractivity contribution in [3.8, 4) is 5.88 Å². The van der Waals surface area contributed by atoms with Crippen LogP contribution in [-0.4, -0.2) is 35.1 Å². The summed E-state index contributed by atoms with van der Waals surface area (Å²) in [6, 6.07) is 4.41. The highest BCUT2D eigenvalue weighted by atomic mass is 16.5. The predicted octanol–water partition coefficient (Wildman–Crippen LogP) is 2.35. The van der Waals surface area contributed by atoms with E-state index in [-0.39, 0.29) is 17.6 Å². The average Bonchev–Trinajstić information content (AvgIpc) is 2.37. The third-order valence-electron chi connectivity index (χ3n) is 3.85. The van der Waals surface area contributed by atoms with Crippen LogP contribution in [0.5, 0.6) is 5.88 Å². The van der Waals surface area contributed by atoms with E-state index in [2.05, 4.69) is 36.7 Å². The first-order valence-electron chi connectivity index (χ1n) is 6.96. The van der Waals surface area contributed by atoms with Gasteiger partial charge in [0.15, 0.2) is 0 Å². The van der Waals surface area contributed by atoms with Crippen LogP contribution >= 0.6 is 0 Å². The smallest absolute Gasteiger partial charge is 0.212 e. The molecule has 106 valence electrons. The second-order valence-electron chi connectivity index (χ2n) is 6.25. The SMILES string of the molecule is COc1ccc(C2C(N)CCCN2C(C)(C)C)cn1. The van der Waals surface area contributed by atoms with E-state index >= 15 is 0 Å². The third kappa shape index (κ3) is 3.07. The summed E-state index contributed by atoms with van der Waals surface area (Å²) in [6.07, 6.45) is 4.13. The fraction of sp³-hybridized carbons (Fsp3) is 0.667. The van der Waals surface area contributed by atoms with Gasteiger partial charge in [0, 0.05) is 23.8 Å². The van der Waals surface area contributed by atoms with E-state index < -0.39 is 0 Å². The monoisotopic (exact) mass is 263 g/mol. The summed E-state index contributed by atoms with van der Waals surface area (Å²) in [5, 5.41) is 0. The first kappa shape index (κ1) is 14.3. The number of likely N-dealkylation sites (tertiary alicyclic amines) is 1.